The van der Waals surface area contributed by atoms with Gasteiger partial charge in [-0.15, -0.1) is 0 Å². The maximum atomic E-state index is 10.2. The zero-order chi connectivity index (χ0) is 11.9. The highest BCUT2D eigenvalue weighted by Gasteiger charge is 1.99. The van der Waals surface area contributed by atoms with E-state index in [9.17, 15) is 4.79 Å². The normalized spacial score (nSPS) is 10.6. The molecule has 0 spiro atoms. The van der Waals surface area contributed by atoms with E-state index in [1.807, 2.05) is 0 Å². The summed E-state index contributed by atoms with van der Waals surface area (Å²) in [7, 11) is 0. The minimum atomic E-state index is 0.704. The Balaban J connectivity index is 2.01. The first-order valence-corrected chi connectivity index (χ1v) is 6.32. The number of aldehydes is 1. The predicted octanol–water partition coefficient (Wildman–Crippen LogP) is 4.14. The molecule has 0 N–H and O–H groups in total. The van der Waals surface area contributed by atoms with Gasteiger partial charge < -0.3 is 4.79 Å². The van der Waals surface area contributed by atoms with Gasteiger partial charge in [0.05, 0.1) is 0 Å². The summed E-state index contributed by atoms with van der Waals surface area (Å²) < 4.78 is 0. The molecule has 0 amide bonds. The Bertz CT molecular complexity index is 482. The number of rotatable bonds is 6. The predicted molar refractivity (Wildman–Crippen MR) is 72.2 cm³/mol. The van der Waals surface area contributed by atoms with Gasteiger partial charge in [0.1, 0.15) is 6.29 Å². The van der Waals surface area contributed by atoms with Crippen molar-refractivity contribution in [3.8, 4) is 0 Å². The van der Waals surface area contributed by atoms with Crippen molar-refractivity contribution in [2.75, 3.05) is 0 Å². The zero-order valence-electron chi connectivity index (χ0n) is 10.1. The second-order valence-electron chi connectivity index (χ2n) is 4.40. The molecule has 1 heteroatoms. The summed E-state index contributed by atoms with van der Waals surface area (Å²) in [5, 5.41) is 2.68. The SMILES string of the molecule is O=CCCCCCc1cccc2ccccc12. The molecule has 2 aromatic carbocycles. The van der Waals surface area contributed by atoms with Crippen molar-refractivity contribution < 1.29 is 4.79 Å². The van der Waals surface area contributed by atoms with Crippen LogP contribution in [0.5, 0.6) is 0 Å². The van der Waals surface area contributed by atoms with Crippen LogP contribution < -0.4 is 0 Å². The van der Waals surface area contributed by atoms with E-state index in [1.54, 1.807) is 0 Å². The van der Waals surface area contributed by atoms with Gasteiger partial charge in [0.25, 0.3) is 0 Å². The van der Waals surface area contributed by atoms with Crippen molar-refractivity contribution in [1.29, 1.82) is 0 Å². The van der Waals surface area contributed by atoms with Crippen LogP contribution in [0, 0.1) is 0 Å². The summed E-state index contributed by atoms with van der Waals surface area (Å²) in [6, 6.07) is 15.0. The Morgan fingerprint density at radius 3 is 2.59 bits per heavy atom. The molecule has 0 aromatic heterocycles. The number of carbonyl (C=O) groups excluding carboxylic acids is 1. The van der Waals surface area contributed by atoms with Crippen molar-refractivity contribution in [2.24, 2.45) is 0 Å². The van der Waals surface area contributed by atoms with Gasteiger partial charge in [-0.2, -0.15) is 0 Å². The fourth-order valence-corrected chi connectivity index (χ4v) is 2.23. The maximum Gasteiger partial charge on any atom is 0.119 e. The average Bonchev–Trinajstić information content (AvgIpc) is 2.39. The van der Waals surface area contributed by atoms with Gasteiger partial charge in [-0.3, -0.25) is 0 Å². The second-order valence-corrected chi connectivity index (χ2v) is 4.40. The Morgan fingerprint density at radius 2 is 1.71 bits per heavy atom. The fraction of sp³-hybridized carbons (Fsp3) is 0.312. The largest absolute Gasteiger partial charge is 0.303 e. The lowest BCUT2D eigenvalue weighted by Gasteiger charge is -2.05. The molecule has 2 rings (SSSR count). The third-order valence-electron chi connectivity index (χ3n) is 3.15. The van der Waals surface area contributed by atoms with E-state index in [0.29, 0.717) is 6.42 Å². The quantitative estimate of drug-likeness (QED) is 0.534. The molecule has 0 atom stereocenters. The molecule has 17 heavy (non-hydrogen) atoms. The molecule has 0 bridgehead atoms. The van der Waals surface area contributed by atoms with Crippen LogP contribution >= 0.6 is 0 Å². The number of hydrogen-bond donors (Lipinski definition) is 0. The molecule has 0 aliphatic heterocycles. The zero-order valence-corrected chi connectivity index (χ0v) is 10.1. The van der Waals surface area contributed by atoms with Crippen LogP contribution in [0.2, 0.25) is 0 Å². The lowest BCUT2D eigenvalue weighted by Crippen LogP contribution is -1.88. The molecule has 0 saturated heterocycles. The monoisotopic (exact) mass is 226 g/mol. The number of unbranched alkanes of at least 4 members (excludes halogenated alkanes) is 3. The summed E-state index contributed by atoms with van der Waals surface area (Å²) in [4.78, 5) is 10.2. The third-order valence-corrected chi connectivity index (χ3v) is 3.15. The Morgan fingerprint density at radius 1 is 0.882 bits per heavy atom. The Kier molecular flexibility index (Phi) is 4.31. The molecule has 0 unspecified atom stereocenters. The summed E-state index contributed by atoms with van der Waals surface area (Å²) in [6.45, 7) is 0. The average molecular weight is 226 g/mol. The minimum absolute atomic E-state index is 0.704. The highest BCUT2D eigenvalue weighted by molar-refractivity contribution is 5.85. The molecule has 0 radical (unpaired) electrons. The topological polar surface area (TPSA) is 17.1 Å². The Hall–Kier alpha value is -1.63. The molecule has 0 aliphatic carbocycles. The van der Waals surface area contributed by atoms with E-state index in [2.05, 4.69) is 42.5 Å². The molecule has 0 fully saturated rings. The van der Waals surface area contributed by atoms with E-state index >= 15 is 0 Å². The van der Waals surface area contributed by atoms with Crippen LogP contribution in [-0.2, 0) is 11.2 Å². The smallest absolute Gasteiger partial charge is 0.119 e. The molecule has 1 nitrogen and oxygen atoms in total. The fourth-order valence-electron chi connectivity index (χ4n) is 2.23. The highest BCUT2D eigenvalue weighted by Crippen LogP contribution is 2.20. The van der Waals surface area contributed by atoms with Gasteiger partial charge in [-0.25, -0.2) is 0 Å². The van der Waals surface area contributed by atoms with Crippen molar-refractivity contribution in [1.82, 2.24) is 0 Å². The first-order chi connectivity index (χ1) is 8.42. The number of carbonyl (C=O) groups is 1. The Labute approximate surface area is 102 Å². The van der Waals surface area contributed by atoms with Gasteiger partial charge in [0.15, 0.2) is 0 Å². The maximum absolute atomic E-state index is 10.2. The van der Waals surface area contributed by atoms with E-state index in [0.717, 1.165) is 25.5 Å². The van der Waals surface area contributed by atoms with E-state index < -0.39 is 0 Å². The summed E-state index contributed by atoms with van der Waals surface area (Å²) in [6.07, 6.45) is 6.16. The first-order valence-electron chi connectivity index (χ1n) is 6.32. The molecule has 0 heterocycles. The molecule has 2 aromatic rings. The van der Waals surface area contributed by atoms with Crippen molar-refractivity contribution >= 4 is 17.1 Å². The number of aryl methyl sites for hydroxylation is 1. The summed E-state index contributed by atoms with van der Waals surface area (Å²) in [5.41, 5.74) is 1.43. The van der Waals surface area contributed by atoms with Gasteiger partial charge >= 0.3 is 0 Å². The molecular weight excluding hydrogens is 208 g/mol. The molecule has 0 saturated carbocycles. The minimum Gasteiger partial charge on any atom is -0.303 e. The van der Waals surface area contributed by atoms with E-state index in [-0.39, 0.29) is 0 Å². The standard InChI is InChI=1S/C16H18O/c17-13-6-2-1-3-8-14-10-7-11-15-9-4-5-12-16(14)15/h4-5,7,9-13H,1-3,6,8H2. The van der Waals surface area contributed by atoms with Crippen LogP contribution in [-0.4, -0.2) is 6.29 Å². The van der Waals surface area contributed by atoms with Crippen molar-refractivity contribution in [3.05, 3.63) is 48.0 Å². The van der Waals surface area contributed by atoms with Gasteiger partial charge in [-0.1, -0.05) is 48.9 Å². The van der Waals surface area contributed by atoms with Crippen molar-refractivity contribution in [3.63, 3.8) is 0 Å². The lowest BCUT2D eigenvalue weighted by molar-refractivity contribution is -0.107. The van der Waals surface area contributed by atoms with Crippen LogP contribution in [0.3, 0.4) is 0 Å². The summed E-state index contributed by atoms with van der Waals surface area (Å²) >= 11 is 0. The molecule has 88 valence electrons. The van der Waals surface area contributed by atoms with Gasteiger partial charge in [0.2, 0.25) is 0 Å². The lowest BCUT2D eigenvalue weighted by atomic mass is 9.99. The highest BCUT2D eigenvalue weighted by atomic mass is 16.1. The number of fused-ring (bicyclic) bond motifs is 1. The van der Waals surface area contributed by atoms with Crippen LogP contribution in [0.4, 0.5) is 0 Å². The first kappa shape index (κ1) is 11.8. The summed E-state index contributed by atoms with van der Waals surface area (Å²) in [5.74, 6) is 0. The van der Waals surface area contributed by atoms with Crippen LogP contribution in [0.15, 0.2) is 42.5 Å². The van der Waals surface area contributed by atoms with Gasteiger partial charge in [0, 0.05) is 6.42 Å². The van der Waals surface area contributed by atoms with E-state index in [1.165, 1.54) is 22.8 Å². The number of hydrogen-bond acceptors (Lipinski definition) is 1. The third kappa shape index (κ3) is 3.16. The van der Waals surface area contributed by atoms with Crippen LogP contribution in [0.25, 0.3) is 10.8 Å². The van der Waals surface area contributed by atoms with E-state index in [4.69, 9.17) is 0 Å². The number of benzene rings is 2. The molecular formula is C16H18O. The molecule has 0 aliphatic rings. The van der Waals surface area contributed by atoms with Gasteiger partial charge in [-0.05, 0) is 35.6 Å². The van der Waals surface area contributed by atoms with Crippen LogP contribution in [0.1, 0.15) is 31.2 Å². The second kappa shape index (κ2) is 6.19. The van der Waals surface area contributed by atoms with Crippen molar-refractivity contribution in [2.45, 2.75) is 32.1 Å².